The van der Waals surface area contributed by atoms with Crippen molar-refractivity contribution in [3.8, 4) is 5.75 Å². The molecule has 0 bridgehead atoms. The van der Waals surface area contributed by atoms with Crippen LogP contribution in [0.25, 0.3) is 10.9 Å². The van der Waals surface area contributed by atoms with Gasteiger partial charge in [-0.3, -0.25) is 5.10 Å². The van der Waals surface area contributed by atoms with Crippen molar-refractivity contribution in [1.29, 1.82) is 0 Å². The van der Waals surface area contributed by atoms with Crippen LogP contribution in [0.4, 0.5) is 4.39 Å². The van der Waals surface area contributed by atoms with Crippen LogP contribution in [-0.4, -0.2) is 23.9 Å². The van der Waals surface area contributed by atoms with E-state index in [0.717, 1.165) is 23.6 Å². The van der Waals surface area contributed by atoms with Gasteiger partial charge in [0, 0.05) is 30.8 Å². The molecule has 0 atom stereocenters. The summed E-state index contributed by atoms with van der Waals surface area (Å²) in [6.45, 7) is 1.43. The highest BCUT2D eigenvalue weighted by atomic mass is 35.5. The number of methoxy groups -OCH3 is 1. The first-order chi connectivity index (χ1) is 10.8. The van der Waals surface area contributed by atoms with Crippen LogP contribution < -0.4 is 10.1 Å². The van der Waals surface area contributed by atoms with Gasteiger partial charge in [-0.05, 0) is 18.2 Å². The zero-order valence-corrected chi connectivity index (χ0v) is 14.8. The minimum atomic E-state index is -0.231. The SMILES string of the molecule is COc1ccccc1CNCCc1[nH]nc2cccc(F)c12.Cl.Cl. The molecule has 4 nitrogen and oxygen atoms in total. The van der Waals surface area contributed by atoms with Gasteiger partial charge in [0.2, 0.25) is 0 Å². The molecule has 0 radical (unpaired) electrons. The van der Waals surface area contributed by atoms with Gasteiger partial charge in [-0.25, -0.2) is 4.39 Å². The molecular weight excluding hydrogens is 352 g/mol. The van der Waals surface area contributed by atoms with Crippen LogP contribution in [0.5, 0.6) is 5.75 Å². The van der Waals surface area contributed by atoms with E-state index < -0.39 is 0 Å². The summed E-state index contributed by atoms with van der Waals surface area (Å²) in [5, 5.41) is 11.0. The maximum absolute atomic E-state index is 13.9. The summed E-state index contributed by atoms with van der Waals surface area (Å²) in [5.41, 5.74) is 2.59. The summed E-state index contributed by atoms with van der Waals surface area (Å²) in [4.78, 5) is 0. The molecule has 0 saturated heterocycles. The van der Waals surface area contributed by atoms with Crippen LogP contribution in [0.2, 0.25) is 0 Å². The van der Waals surface area contributed by atoms with Gasteiger partial charge in [0.05, 0.1) is 18.0 Å². The minimum absolute atomic E-state index is 0. The van der Waals surface area contributed by atoms with E-state index in [2.05, 4.69) is 15.5 Å². The molecule has 0 spiro atoms. The van der Waals surface area contributed by atoms with E-state index >= 15 is 0 Å². The number of hydrogen-bond acceptors (Lipinski definition) is 3. The number of hydrogen-bond donors (Lipinski definition) is 2. The van der Waals surface area contributed by atoms with E-state index in [1.807, 2.05) is 24.3 Å². The molecule has 130 valence electrons. The monoisotopic (exact) mass is 371 g/mol. The number of ether oxygens (including phenoxy) is 1. The van der Waals surface area contributed by atoms with E-state index in [1.165, 1.54) is 6.07 Å². The van der Waals surface area contributed by atoms with Gasteiger partial charge in [-0.2, -0.15) is 5.10 Å². The molecule has 1 heterocycles. The molecule has 0 aliphatic carbocycles. The van der Waals surface area contributed by atoms with Gasteiger partial charge in [-0.1, -0.05) is 24.3 Å². The number of rotatable bonds is 6. The minimum Gasteiger partial charge on any atom is -0.496 e. The largest absolute Gasteiger partial charge is 0.496 e. The number of aromatic nitrogens is 2. The first kappa shape index (κ1) is 20.2. The third-order valence-electron chi connectivity index (χ3n) is 3.66. The van der Waals surface area contributed by atoms with Crippen molar-refractivity contribution >= 4 is 35.7 Å². The number of nitrogens with one attached hydrogen (secondary N) is 2. The molecule has 0 aliphatic heterocycles. The van der Waals surface area contributed by atoms with E-state index in [-0.39, 0.29) is 30.6 Å². The normalized spacial score (nSPS) is 10.1. The first-order valence-corrected chi connectivity index (χ1v) is 7.23. The van der Waals surface area contributed by atoms with Crippen LogP contribution in [0.1, 0.15) is 11.3 Å². The van der Waals surface area contributed by atoms with Crippen LogP contribution >= 0.6 is 24.8 Å². The maximum atomic E-state index is 13.9. The standard InChI is InChI=1S/C17H18FN3O.2ClH/c1-22-16-8-3-2-5-12(16)11-19-10-9-15-17-13(18)6-4-7-14(17)20-21-15;;/h2-8,19H,9-11H2,1H3,(H,20,21);2*1H. The Hall–Kier alpha value is -1.82. The fraction of sp³-hybridized carbons (Fsp3) is 0.235. The highest BCUT2D eigenvalue weighted by Crippen LogP contribution is 2.20. The predicted molar refractivity (Wildman–Crippen MR) is 99.0 cm³/mol. The van der Waals surface area contributed by atoms with Gasteiger partial charge < -0.3 is 10.1 Å². The van der Waals surface area contributed by atoms with E-state index in [0.29, 0.717) is 23.9 Å². The molecular formula is C17H20Cl2FN3O. The van der Waals surface area contributed by atoms with Crippen LogP contribution in [-0.2, 0) is 13.0 Å². The Morgan fingerprint density at radius 2 is 1.92 bits per heavy atom. The molecule has 3 aromatic rings. The zero-order valence-electron chi connectivity index (χ0n) is 13.2. The molecule has 2 N–H and O–H groups in total. The Morgan fingerprint density at radius 1 is 1.12 bits per heavy atom. The summed E-state index contributed by atoms with van der Waals surface area (Å²) in [5.74, 6) is 0.638. The fourth-order valence-electron chi connectivity index (χ4n) is 2.55. The molecule has 3 rings (SSSR count). The second kappa shape index (κ2) is 9.47. The lowest BCUT2D eigenvalue weighted by Gasteiger charge is -2.09. The maximum Gasteiger partial charge on any atom is 0.134 e. The van der Waals surface area contributed by atoms with Crippen LogP contribution in [0.3, 0.4) is 0 Å². The molecule has 0 fully saturated rings. The molecule has 0 unspecified atom stereocenters. The summed E-state index contributed by atoms with van der Waals surface area (Å²) >= 11 is 0. The highest BCUT2D eigenvalue weighted by molar-refractivity contribution is 5.85. The lowest BCUT2D eigenvalue weighted by molar-refractivity contribution is 0.408. The Balaban J connectivity index is 0.00000144. The van der Waals surface area contributed by atoms with Crippen molar-refractivity contribution in [3.63, 3.8) is 0 Å². The number of nitrogens with zero attached hydrogens (tertiary/aromatic N) is 1. The second-order valence-corrected chi connectivity index (χ2v) is 5.07. The Bertz CT molecular complexity index is 779. The highest BCUT2D eigenvalue weighted by Gasteiger charge is 2.09. The van der Waals surface area contributed by atoms with Crippen molar-refractivity contribution < 1.29 is 9.13 Å². The van der Waals surface area contributed by atoms with Crippen molar-refractivity contribution in [1.82, 2.24) is 15.5 Å². The molecule has 1 aromatic heterocycles. The Kier molecular flexibility index (Phi) is 7.98. The number of aromatic amines is 1. The lowest BCUT2D eigenvalue weighted by Crippen LogP contribution is -2.17. The van der Waals surface area contributed by atoms with E-state index in [1.54, 1.807) is 19.2 Å². The number of halogens is 3. The van der Waals surface area contributed by atoms with Crippen LogP contribution in [0, 0.1) is 5.82 Å². The van der Waals surface area contributed by atoms with Crippen molar-refractivity contribution in [2.75, 3.05) is 13.7 Å². The molecule has 0 saturated carbocycles. The van der Waals surface area contributed by atoms with Crippen molar-refractivity contribution in [2.45, 2.75) is 13.0 Å². The van der Waals surface area contributed by atoms with E-state index in [4.69, 9.17) is 4.74 Å². The third-order valence-corrected chi connectivity index (χ3v) is 3.66. The smallest absolute Gasteiger partial charge is 0.134 e. The lowest BCUT2D eigenvalue weighted by atomic mass is 10.1. The number of H-pyrrole nitrogens is 1. The molecule has 0 amide bonds. The van der Waals surface area contributed by atoms with Gasteiger partial charge in [0.15, 0.2) is 0 Å². The number of benzene rings is 2. The van der Waals surface area contributed by atoms with Crippen molar-refractivity contribution in [2.24, 2.45) is 0 Å². The van der Waals surface area contributed by atoms with Gasteiger partial charge in [0.1, 0.15) is 11.6 Å². The summed E-state index contributed by atoms with van der Waals surface area (Å²) in [6.07, 6.45) is 0.687. The van der Waals surface area contributed by atoms with Gasteiger partial charge >= 0.3 is 0 Å². The molecule has 7 heteroatoms. The van der Waals surface area contributed by atoms with Crippen molar-refractivity contribution in [3.05, 3.63) is 59.5 Å². The Morgan fingerprint density at radius 3 is 2.71 bits per heavy atom. The van der Waals surface area contributed by atoms with Gasteiger partial charge in [0.25, 0.3) is 0 Å². The average Bonchev–Trinajstić information content (AvgIpc) is 2.96. The molecule has 0 aliphatic rings. The van der Waals surface area contributed by atoms with Crippen LogP contribution in [0.15, 0.2) is 42.5 Å². The fourth-order valence-corrected chi connectivity index (χ4v) is 2.55. The average molecular weight is 372 g/mol. The third kappa shape index (κ3) is 4.38. The zero-order chi connectivity index (χ0) is 15.4. The summed E-state index contributed by atoms with van der Waals surface area (Å²) < 4.78 is 19.2. The molecule has 24 heavy (non-hydrogen) atoms. The first-order valence-electron chi connectivity index (χ1n) is 7.23. The van der Waals surface area contributed by atoms with Gasteiger partial charge in [-0.15, -0.1) is 24.8 Å². The summed E-state index contributed by atoms with van der Waals surface area (Å²) in [6, 6.07) is 12.8. The van der Waals surface area contributed by atoms with E-state index in [9.17, 15) is 4.39 Å². The quantitative estimate of drug-likeness (QED) is 0.646. The Labute approximate surface area is 152 Å². The second-order valence-electron chi connectivity index (χ2n) is 5.07. The topological polar surface area (TPSA) is 49.9 Å². The predicted octanol–water partition coefficient (Wildman–Crippen LogP) is 3.89. The number of para-hydroxylation sites is 1. The summed E-state index contributed by atoms with van der Waals surface area (Å²) in [7, 11) is 1.67. The molecule has 2 aromatic carbocycles. The number of fused-ring (bicyclic) bond motifs is 1.